The highest BCUT2D eigenvalue weighted by Gasteiger charge is 2.24. The van der Waals surface area contributed by atoms with Crippen LogP contribution in [0.2, 0.25) is 0 Å². The van der Waals surface area contributed by atoms with Gasteiger partial charge in [0.05, 0.1) is 0 Å². The van der Waals surface area contributed by atoms with Crippen molar-refractivity contribution in [2.45, 2.75) is 32.6 Å². The van der Waals surface area contributed by atoms with Gasteiger partial charge in [-0.05, 0) is 49.3 Å². The number of aliphatic hydroxyl groups excluding tert-OH is 1. The van der Waals surface area contributed by atoms with Crippen molar-refractivity contribution in [3.63, 3.8) is 0 Å². The normalized spacial score (nSPS) is 15.9. The highest BCUT2D eigenvalue weighted by Crippen LogP contribution is 2.32. The first kappa shape index (κ1) is 15.5. The number of halogens is 1. The Hall–Kier alpha value is -0.870. The Labute approximate surface area is 128 Å². The molecule has 1 fully saturated rings. The molecule has 2 N–H and O–H groups in total. The van der Waals surface area contributed by atoms with Gasteiger partial charge in [-0.15, -0.1) is 0 Å². The van der Waals surface area contributed by atoms with E-state index in [0.29, 0.717) is 18.9 Å². The molecular formula is C16H22BrNO2. The van der Waals surface area contributed by atoms with Gasteiger partial charge < -0.3 is 10.4 Å². The van der Waals surface area contributed by atoms with Crippen molar-refractivity contribution in [1.29, 1.82) is 0 Å². The molecule has 110 valence electrons. The molecule has 2 rings (SSSR count). The summed E-state index contributed by atoms with van der Waals surface area (Å²) in [5, 5.41) is 12.4. The summed E-state index contributed by atoms with van der Waals surface area (Å²) in [4.78, 5) is 11.7. The fraction of sp³-hybridized carbons (Fsp3) is 0.562. The average molecular weight is 340 g/mol. The summed E-state index contributed by atoms with van der Waals surface area (Å²) < 4.78 is 1.09. The maximum atomic E-state index is 11.7. The number of hydrogen-bond donors (Lipinski definition) is 2. The van der Waals surface area contributed by atoms with E-state index in [4.69, 9.17) is 0 Å². The van der Waals surface area contributed by atoms with Crippen LogP contribution in [0.5, 0.6) is 0 Å². The molecule has 1 amide bonds. The van der Waals surface area contributed by atoms with Gasteiger partial charge in [-0.2, -0.15) is 0 Å². The zero-order valence-corrected chi connectivity index (χ0v) is 13.4. The van der Waals surface area contributed by atoms with Crippen LogP contribution in [-0.2, 0) is 11.2 Å². The first-order valence-electron chi connectivity index (χ1n) is 7.21. The van der Waals surface area contributed by atoms with Gasteiger partial charge in [0.2, 0.25) is 5.91 Å². The Morgan fingerprint density at radius 2 is 2.25 bits per heavy atom. The van der Waals surface area contributed by atoms with Crippen LogP contribution in [0, 0.1) is 18.8 Å². The van der Waals surface area contributed by atoms with Crippen LogP contribution in [0.25, 0.3) is 0 Å². The second-order valence-corrected chi connectivity index (χ2v) is 6.58. The molecule has 0 spiro atoms. The maximum Gasteiger partial charge on any atom is 0.220 e. The maximum absolute atomic E-state index is 11.7. The number of aliphatic hydroxyl groups is 1. The number of carbonyl (C=O) groups is 1. The second-order valence-electron chi connectivity index (χ2n) is 5.73. The molecule has 0 bridgehead atoms. The second kappa shape index (κ2) is 7.23. The third kappa shape index (κ3) is 4.60. The monoisotopic (exact) mass is 339 g/mol. The molecule has 1 aliphatic carbocycles. The average Bonchev–Trinajstić information content (AvgIpc) is 3.23. The highest BCUT2D eigenvalue weighted by molar-refractivity contribution is 9.10. The van der Waals surface area contributed by atoms with E-state index in [1.165, 1.54) is 24.0 Å². The predicted octanol–water partition coefficient (Wildman–Crippen LogP) is 2.82. The molecule has 0 aromatic heterocycles. The largest absolute Gasteiger partial charge is 0.396 e. The summed E-state index contributed by atoms with van der Waals surface area (Å²) in [6.45, 7) is 2.71. The molecule has 0 saturated heterocycles. The molecular weight excluding hydrogens is 318 g/mol. The van der Waals surface area contributed by atoms with E-state index in [0.717, 1.165) is 10.9 Å². The molecule has 4 heteroatoms. The minimum Gasteiger partial charge on any atom is -0.396 e. The SMILES string of the molecule is Cc1c(Br)cccc1C[C@H](CO)CNC(=O)CC1CC1. The van der Waals surface area contributed by atoms with Gasteiger partial charge in [-0.1, -0.05) is 28.1 Å². The topological polar surface area (TPSA) is 49.3 Å². The van der Waals surface area contributed by atoms with E-state index in [1.54, 1.807) is 0 Å². The van der Waals surface area contributed by atoms with Crippen LogP contribution in [0.4, 0.5) is 0 Å². The quantitative estimate of drug-likeness (QED) is 0.802. The van der Waals surface area contributed by atoms with Crippen LogP contribution in [0.1, 0.15) is 30.4 Å². The predicted molar refractivity (Wildman–Crippen MR) is 83.5 cm³/mol. The van der Waals surface area contributed by atoms with Gasteiger partial charge in [-0.3, -0.25) is 4.79 Å². The number of amides is 1. The number of hydrogen-bond acceptors (Lipinski definition) is 2. The van der Waals surface area contributed by atoms with E-state index in [-0.39, 0.29) is 18.4 Å². The van der Waals surface area contributed by atoms with Gasteiger partial charge in [0.15, 0.2) is 0 Å². The van der Waals surface area contributed by atoms with Crippen molar-refractivity contribution in [2.24, 2.45) is 11.8 Å². The van der Waals surface area contributed by atoms with Crippen LogP contribution < -0.4 is 5.32 Å². The lowest BCUT2D eigenvalue weighted by Gasteiger charge is -2.17. The Balaban J connectivity index is 1.84. The number of carbonyl (C=O) groups excluding carboxylic acids is 1. The molecule has 0 unspecified atom stereocenters. The summed E-state index contributed by atoms with van der Waals surface area (Å²) in [5.74, 6) is 0.804. The van der Waals surface area contributed by atoms with Crippen molar-refractivity contribution in [2.75, 3.05) is 13.2 Å². The molecule has 0 radical (unpaired) electrons. The van der Waals surface area contributed by atoms with E-state index in [2.05, 4.69) is 34.2 Å². The molecule has 1 saturated carbocycles. The van der Waals surface area contributed by atoms with Crippen LogP contribution in [-0.4, -0.2) is 24.2 Å². The standard InChI is InChI=1S/C16H22BrNO2/c1-11-14(3-2-4-15(11)17)7-13(10-19)9-18-16(20)8-12-5-6-12/h2-4,12-13,19H,5-10H2,1H3,(H,18,20)/t13-/m0/s1. The smallest absolute Gasteiger partial charge is 0.220 e. The fourth-order valence-corrected chi connectivity index (χ4v) is 2.71. The third-order valence-corrected chi connectivity index (χ3v) is 4.76. The fourth-order valence-electron chi connectivity index (χ4n) is 2.30. The van der Waals surface area contributed by atoms with Gasteiger partial charge in [0, 0.05) is 30.0 Å². The molecule has 20 heavy (non-hydrogen) atoms. The van der Waals surface area contributed by atoms with Crippen LogP contribution in [0.3, 0.4) is 0 Å². The first-order chi connectivity index (χ1) is 9.60. The molecule has 0 heterocycles. The zero-order valence-electron chi connectivity index (χ0n) is 11.9. The summed E-state index contributed by atoms with van der Waals surface area (Å²) in [6.07, 6.45) is 3.81. The Morgan fingerprint density at radius 1 is 1.50 bits per heavy atom. The molecule has 1 aromatic rings. The zero-order chi connectivity index (χ0) is 14.5. The van der Waals surface area contributed by atoms with Crippen molar-refractivity contribution < 1.29 is 9.90 Å². The van der Waals surface area contributed by atoms with Crippen LogP contribution in [0.15, 0.2) is 22.7 Å². The van der Waals surface area contributed by atoms with E-state index in [9.17, 15) is 9.90 Å². The molecule has 0 aliphatic heterocycles. The van der Waals surface area contributed by atoms with E-state index in [1.807, 2.05) is 12.1 Å². The van der Waals surface area contributed by atoms with Crippen molar-refractivity contribution in [3.8, 4) is 0 Å². The molecule has 3 nitrogen and oxygen atoms in total. The highest BCUT2D eigenvalue weighted by atomic mass is 79.9. The van der Waals surface area contributed by atoms with Crippen LogP contribution >= 0.6 is 15.9 Å². The lowest BCUT2D eigenvalue weighted by molar-refractivity contribution is -0.121. The lowest BCUT2D eigenvalue weighted by atomic mass is 9.96. The van der Waals surface area contributed by atoms with Gasteiger partial charge in [-0.25, -0.2) is 0 Å². The summed E-state index contributed by atoms with van der Waals surface area (Å²) >= 11 is 3.52. The summed E-state index contributed by atoms with van der Waals surface area (Å²) in [7, 11) is 0. The number of rotatable bonds is 7. The van der Waals surface area contributed by atoms with Gasteiger partial charge in [0.25, 0.3) is 0 Å². The lowest BCUT2D eigenvalue weighted by Crippen LogP contribution is -2.32. The molecule has 1 aliphatic rings. The summed E-state index contributed by atoms with van der Waals surface area (Å²) in [5.41, 5.74) is 2.42. The Bertz CT molecular complexity index is 472. The number of benzene rings is 1. The van der Waals surface area contributed by atoms with Crippen molar-refractivity contribution in [1.82, 2.24) is 5.32 Å². The molecule has 1 aromatic carbocycles. The summed E-state index contributed by atoms with van der Waals surface area (Å²) in [6, 6.07) is 6.10. The van der Waals surface area contributed by atoms with Crippen molar-refractivity contribution in [3.05, 3.63) is 33.8 Å². The van der Waals surface area contributed by atoms with E-state index < -0.39 is 0 Å². The Morgan fingerprint density at radius 3 is 2.90 bits per heavy atom. The minimum absolute atomic E-state index is 0.0751. The van der Waals surface area contributed by atoms with Crippen molar-refractivity contribution >= 4 is 21.8 Å². The van der Waals surface area contributed by atoms with Gasteiger partial charge >= 0.3 is 0 Å². The third-order valence-electron chi connectivity index (χ3n) is 3.91. The van der Waals surface area contributed by atoms with Gasteiger partial charge in [0.1, 0.15) is 0 Å². The minimum atomic E-state index is 0.0751. The number of nitrogens with one attached hydrogen (secondary N) is 1. The Kier molecular flexibility index (Phi) is 5.61. The first-order valence-corrected chi connectivity index (χ1v) is 8.01. The van der Waals surface area contributed by atoms with E-state index >= 15 is 0 Å². The molecule has 1 atom stereocenters.